The number of nitrogens with one attached hydrogen (secondary N) is 1. The van der Waals surface area contributed by atoms with E-state index in [1.165, 1.54) is 13.0 Å². The molecule has 0 radical (unpaired) electrons. The van der Waals surface area contributed by atoms with Crippen molar-refractivity contribution >= 4 is 15.9 Å². The molecule has 0 aliphatic heterocycles. The fraction of sp³-hybridized carbons (Fsp3) is 0.308. The van der Waals surface area contributed by atoms with Crippen LogP contribution in [0.3, 0.4) is 0 Å². The monoisotopic (exact) mass is 337 g/mol. The van der Waals surface area contributed by atoms with Gasteiger partial charge in [0.1, 0.15) is 6.10 Å². The molecule has 0 fully saturated rings. The molecule has 0 aromatic heterocycles. The molecule has 22 heavy (non-hydrogen) atoms. The van der Waals surface area contributed by atoms with Crippen molar-refractivity contribution in [2.75, 3.05) is 6.61 Å². The zero-order chi connectivity index (χ0) is 17.0. The Kier molecular flexibility index (Phi) is 5.72. The van der Waals surface area contributed by atoms with Crippen LogP contribution < -0.4 is 4.72 Å². The van der Waals surface area contributed by atoms with Gasteiger partial charge in [0.2, 0.25) is 0 Å². The average Bonchev–Trinajstić information content (AvgIpc) is 2.43. The molecule has 0 spiro atoms. The van der Waals surface area contributed by atoms with E-state index >= 15 is 0 Å². The molecule has 0 aliphatic rings. The smallest absolute Gasteiger partial charge is 0.365 e. The molecule has 1 aromatic carbocycles. The van der Waals surface area contributed by atoms with Gasteiger partial charge in [-0.2, -0.15) is 13.2 Å². The van der Waals surface area contributed by atoms with Gasteiger partial charge in [0, 0.05) is 0 Å². The Balaban J connectivity index is 2.96. The maximum atomic E-state index is 12.6. The summed E-state index contributed by atoms with van der Waals surface area (Å²) in [5.74, 6) is -0.987. The van der Waals surface area contributed by atoms with Crippen molar-refractivity contribution < 1.29 is 31.1 Å². The molecule has 1 atom stereocenters. The van der Waals surface area contributed by atoms with Gasteiger partial charge in [-0.05, 0) is 25.1 Å². The molecule has 1 rings (SSSR count). The number of carbonyl (C=O) groups is 1. The first-order chi connectivity index (χ1) is 10.1. The van der Waals surface area contributed by atoms with Gasteiger partial charge >= 0.3 is 6.18 Å². The summed E-state index contributed by atoms with van der Waals surface area (Å²) in [5.41, 5.74) is -1.13. The number of benzene rings is 1. The van der Waals surface area contributed by atoms with E-state index in [1.807, 2.05) is 0 Å². The first-order valence-electron chi connectivity index (χ1n) is 6.04. The van der Waals surface area contributed by atoms with Crippen LogP contribution in [0, 0.1) is 0 Å². The molecular weight excluding hydrogens is 323 g/mol. The first kappa shape index (κ1) is 18.2. The molecule has 0 heterocycles. The number of halogens is 3. The van der Waals surface area contributed by atoms with Crippen LogP contribution in [-0.4, -0.2) is 27.0 Å². The van der Waals surface area contributed by atoms with E-state index in [9.17, 15) is 26.4 Å². The quantitative estimate of drug-likeness (QED) is 0.807. The van der Waals surface area contributed by atoms with Gasteiger partial charge in [0.05, 0.1) is 17.1 Å². The first-order valence-corrected chi connectivity index (χ1v) is 7.52. The molecule has 0 bridgehead atoms. The molecule has 0 saturated heterocycles. The second-order valence-corrected chi connectivity index (χ2v) is 5.94. The van der Waals surface area contributed by atoms with Crippen LogP contribution in [0.5, 0.6) is 0 Å². The number of hydrogen-bond acceptors (Lipinski definition) is 4. The minimum Gasteiger partial charge on any atom is -0.365 e. The highest BCUT2D eigenvalue weighted by molar-refractivity contribution is 7.90. The molecule has 1 aromatic rings. The van der Waals surface area contributed by atoms with Crippen LogP contribution in [0.1, 0.15) is 12.5 Å². The molecule has 9 heteroatoms. The van der Waals surface area contributed by atoms with E-state index in [4.69, 9.17) is 4.74 Å². The van der Waals surface area contributed by atoms with Crippen LogP contribution in [0.4, 0.5) is 13.2 Å². The topological polar surface area (TPSA) is 72.5 Å². The van der Waals surface area contributed by atoms with Crippen LogP contribution in [0.2, 0.25) is 0 Å². The lowest BCUT2D eigenvalue weighted by atomic mass is 10.2. The van der Waals surface area contributed by atoms with E-state index in [2.05, 4.69) is 6.58 Å². The number of amides is 1. The van der Waals surface area contributed by atoms with Gasteiger partial charge in [-0.3, -0.25) is 4.79 Å². The molecule has 0 aliphatic carbocycles. The summed E-state index contributed by atoms with van der Waals surface area (Å²) in [5, 5.41) is 0. The molecule has 0 saturated carbocycles. The molecular formula is C13H14F3NO4S. The minimum atomic E-state index is -4.68. The Bertz CT molecular complexity index is 655. The van der Waals surface area contributed by atoms with E-state index in [1.54, 1.807) is 4.72 Å². The maximum Gasteiger partial charge on any atom is 0.416 e. The molecule has 5 nitrogen and oxygen atoms in total. The van der Waals surface area contributed by atoms with Crippen molar-refractivity contribution in [3.05, 3.63) is 42.5 Å². The Morgan fingerprint density at radius 1 is 1.45 bits per heavy atom. The third kappa shape index (κ3) is 4.85. The summed E-state index contributed by atoms with van der Waals surface area (Å²) in [6, 6.07) is 3.08. The highest BCUT2D eigenvalue weighted by Gasteiger charge is 2.32. The van der Waals surface area contributed by atoms with E-state index < -0.39 is 38.7 Å². The second kappa shape index (κ2) is 6.93. The third-order valence-electron chi connectivity index (χ3n) is 2.54. The number of alkyl halides is 3. The molecule has 1 N–H and O–H groups in total. The Morgan fingerprint density at radius 2 is 2.09 bits per heavy atom. The van der Waals surface area contributed by atoms with Crippen molar-refractivity contribution in [1.29, 1.82) is 0 Å². The largest absolute Gasteiger partial charge is 0.416 e. The van der Waals surface area contributed by atoms with Crippen molar-refractivity contribution in [3.63, 3.8) is 0 Å². The summed E-state index contributed by atoms with van der Waals surface area (Å²) >= 11 is 0. The Hall–Kier alpha value is -1.87. The normalized spacial score (nSPS) is 13.5. The average molecular weight is 337 g/mol. The number of hydrogen-bond donors (Lipinski definition) is 1. The standard InChI is InChI=1S/C13H14F3NO4S/c1-3-7-21-9(2)12(18)17-22(19,20)11-6-4-5-10(8-11)13(14,15)16/h3-6,8-9H,1,7H2,2H3,(H,17,18). The van der Waals surface area contributed by atoms with Crippen LogP contribution in [-0.2, 0) is 25.7 Å². The maximum absolute atomic E-state index is 12.6. The van der Waals surface area contributed by atoms with Crippen molar-refractivity contribution in [2.45, 2.75) is 24.1 Å². The summed E-state index contributed by atoms with van der Waals surface area (Å²) in [7, 11) is -4.42. The summed E-state index contributed by atoms with van der Waals surface area (Å²) in [6.45, 7) is 4.70. The lowest BCUT2D eigenvalue weighted by Gasteiger charge is -2.13. The van der Waals surface area contributed by atoms with Gasteiger partial charge in [-0.15, -0.1) is 6.58 Å². The van der Waals surface area contributed by atoms with E-state index in [0.29, 0.717) is 6.07 Å². The van der Waals surface area contributed by atoms with Gasteiger partial charge in [0.25, 0.3) is 15.9 Å². The minimum absolute atomic E-state index is 0.0260. The van der Waals surface area contributed by atoms with Crippen molar-refractivity contribution in [1.82, 2.24) is 4.72 Å². The third-order valence-corrected chi connectivity index (χ3v) is 3.88. The van der Waals surface area contributed by atoms with Crippen LogP contribution >= 0.6 is 0 Å². The van der Waals surface area contributed by atoms with Crippen molar-refractivity contribution in [3.8, 4) is 0 Å². The number of carbonyl (C=O) groups excluding carboxylic acids is 1. The predicted octanol–water partition coefficient (Wildman–Crippen LogP) is 2.10. The van der Waals surface area contributed by atoms with Gasteiger partial charge in [0.15, 0.2) is 0 Å². The Morgan fingerprint density at radius 3 is 2.64 bits per heavy atom. The number of rotatable bonds is 6. The van der Waals surface area contributed by atoms with Crippen molar-refractivity contribution in [2.24, 2.45) is 0 Å². The SMILES string of the molecule is C=CCOC(C)C(=O)NS(=O)(=O)c1cccc(C(F)(F)F)c1. The lowest BCUT2D eigenvalue weighted by Crippen LogP contribution is -2.38. The lowest BCUT2D eigenvalue weighted by molar-refractivity contribution is -0.137. The van der Waals surface area contributed by atoms with E-state index in [-0.39, 0.29) is 6.61 Å². The number of ether oxygens (including phenoxy) is 1. The summed E-state index contributed by atoms with van der Waals surface area (Å²) < 4.78 is 68.2. The Labute approximate surface area is 125 Å². The van der Waals surface area contributed by atoms with Gasteiger partial charge in [-0.1, -0.05) is 12.1 Å². The number of sulfonamides is 1. The molecule has 122 valence electrons. The summed E-state index contributed by atoms with van der Waals surface area (Å²) in [6.07, 6.45) is -4.42. The highest BCUT2D eigenvalue weighted by Crippen LogP contribution is 2.30. The molecule has 1 unspecified atom stereocenters. The van der Waals surface area contributed by atoms with Gasteiger partial charge < -0.3 is 4.74 Å². The van der Waals surface area contributed by atoms with Gasteiger partial charge in [-0.25, -0.2) is 13.1 Å². The highest BCUT2D eigenvalue weighted by atomic mass is 32.2. The molecule has 1 amide bonds. The zero-order valence-electron chi connectivity index (χ0n) is 11.6. The fourth-order valence-electron chi connectivity index (χ4n) is 1.40. The second-order valence-electron chi connectivity index (χ2n) is 4.26. The van der Waals surface area contributed by atoms with Crippen LogP contribution in [0.15, 0.2) is 41.8 Å². The van der Waals surface area contributed by atoms with E-state index in [0.717, 1.165) is 18.2 Å². The fourth-order valence-corrected chi connectivity index (χ4v) is 2.49. The summed E-state index contributed by atoms with van der Waals surface area (Å²) in [4.78, 5) is 11.0. The zero-order valence-corrected chi connectivity index (χ0v) is 12.4. The predicted molar refractivity (Wildman–Crippen MR) is 72.4 cm³/mol. The van der Waals surface area contributed by atoms with Crippen LogP contribution in [0.25, 0.3) is 0 Å².